The fraction of sp³-hybridized carbons (Fsp3) is 0.222. The van der Waals surface area contributed by atoms with E-state index >= 15 is 0 Å². The Labute approximate surface area is 94.3 Å². The first kappa shape index (κ1) is 12.7. The molecule has 1 rings (SSSR count). The molecular weight excluding hydrogens is 241 g/mol. The predicted octanol–water partition coefficient (Wildman–Crippen LogP) is 2.69. The maximum absolute atomic E-state index is 12.5. The molecule has 0 saturated carbocycles. The van der Waals surface area contributed by atoms with E-state index in [1.54, 1.807) is 0 Å². The molecule has 0 unspecified atom stereocenters. The van der Waals surface area contributed by atoms with Crippen LogP contribution in [0.15, 0.2) is 23.1 Å². The fourth-order valence-corrected chi connectivity index (χ4v) is 1.76. The minimum absolute atomic E-state index is 0.0637. The first-order valence-electron chi connectivity index (χ1n) is 4.21. The third-order valence-corrected chi connectivity index (χ3v) is 2.82. The van der Waals surface area contributed by atoms with E-state index in [2.05, 4.69) is 4.72 Å². The predicted molar refractivity (Wildman–Crippen MR) is 54.8 cm³/mol. The van der Waals surface area contributed by atoms with Crippen molar-refractivity contribution in [2.75, 3.05) is 0 Å². The third-order valence-electron chi connectivity index (χ3n) is 1.85. The fourth-order valence-electron chi connectivity index (χ4n) is 1.14. The highest BCUT2D eigenvalue weighted by molar-refractivity contribution is 7.98. The molecule has 0 aliphatic rings. The Morgan fingerprint density at radius 2 is 2.06 bits per heavy atom. The summed E-state index contributed by atoms with van der Waals surface area (Å²) in [5, 5.41) is 0. The van der Waals surface area contributed by atoms with Crippen molar-refractivity contribution in [2.24, 2.45) is 5.73 Å². The molecule has 1 aromatic rings. The van der Waals surface area contributed by atoms with Gasteiger partial charge in [-0.25, -0.2) is 4.79 Å². The van der Waals surface area contributed by atoms with E-state index in [-0.39, 0.29) is 5.56 Å². The molecule has 3 nitrogen and oxygen atoms in total. The second kappa shape index (κ2) is 4.65. The third kappa shape index (κ3) is 3.06. The Bertz CT molecular complexity index is 406. The molecule has 3 N–H and O–H groups in total. The zero-order chi connectivity index (χ0) is 12.3. The van der Waals surface area contributed by atoms with Gasteiger partial charge < -0.3 is 5.73 Å². The van der Waals surface area contributed by atoms with Crippen LogP contribution in [0.3, 0.4) is 0 Å². The second-order valence-corrected chi connectivity index (χ2v) is 3.84. The molecular formula is C9H9F3N2OS. The number of hydrogen-bond donors (Lipinski definition) is 2. The van der Waals surface area contributed by atoms with Crippen LogP contribution in [0.25, 0.3) is 0 Å². The van der Waals surface area contributed by atoms with Gasteiger partial charge in [-0.3, -0.25) is 4.72 Å². The van der Waals surface area contributed by atoms with E-state index in [0.717, 1.165) is 18.0 Å². The molecule has 1 aromatic carbocycles. The summed E-state index contributed by atoms with van der Waals surface area (Å²) in [6, 6.07) is 2.94. The first-order valence-corrected chi connectivity index (χ1v) is 5.03. The molecule has 2 amide bonds. The van der Waals surface area contributed by atoms with Gasteiger partial charge in [-0.1, -0.05) is 6.07 Å². The first-order chi connectivity index (χ1) is 7.32. The lowest BCUT2D eigenvalue weighted by molar-refractivity contribution is -0.138. The summed E-state index contributed by atoms with van der Waals surface area (Å²) < 4.78 is 39.7. The SMILES string of the molecule is Cc1c(SNC(N)=O)cccc1C(F)(F)F. The van der Waals surface area contributed by atoms with Crippen LogP contribution in [-0.2, 0) is 6.18 Å². The van der Waals surface area contributed by atoms with Crippen LogP contribution in [0.2, 0.25) is 0 Å². The molecule has 0 aliphatic heterocycles. The number of nitrogens with one attached hydrogen (secondary N) is 1. The number of amides is 2. The number of alkyl halides is 3. The Hall–Kier alpha value is -1.37. The molecule has 0 heterocycles. The van der Waals surface area contributed by atoms with Crippen molar-refractivity contribution in [3.8, 4) is 0 Å². The molecule has 0 fully saturated rings. The number of hydrogen-bond acceptors (Lipinski definition) is 2. The highest BCUT2D eigenvalue weighted by atomic mass is 32.2. The van der Waals surface area contributed by atoms with Gasteiger partial charge in [0.2, 0.25) is 0 Å². The van der Waals surface area contributed by atoms with E-state index in [9.17, 15) is 18.0 Å². The number of primary amides is 1. The Balaban J connectivity index is 3.00. The number of rotatable bonds is 2. The summed E-state index contributed by atoms with van der Waals surface area (Å²) in [7, 11) is 0. The molecule has 88 valence electrons. The average Bonchev–Trinajstić information content (AvgIpc) is 2.14. The molecule has 0 spiro atoms. The zero-order valence-corrected chi connectivity index (χ0v) is 9.08. The highest BCUT2D eigenvalue weighted by Gasteiger charge is 2.32. The molecule has 0 saturated heterocycles. The maximum atomic E-state index is 12.5. The summed E-state index contributed by atoms with van der Waals surface area (Å²) in [5.41, 5.74) is 4.17. The van der Waals surface area contributed by atoms with Gasteiger partial charge in [0.1, 0.15) is 0 Å². The summed E-state index contributed by atoms with van der Waals surface area (Å²) in [5.74, 6) is 0. The smallest absolute Gasteiger partial charge is 0.351 e. The standard InChI is InChI=1S/C9H9F3N2OS/c1-5-6(9(10,11)12)3-2-4-7(5)16-14-8(13)15/h2-4H,1H3,(H3,13,14,15). The quantitative estimate of drug-likeness (QED) is 0.793. The minimum Gasteiger partial charge on any atom is -0.351 e. The molecule has 0 atom stereocenters. The Morgan fingerprint density at radius 1 is 1.44 bits per heavy atom. The highest BCUT2D eigenvalue weighted by Crippen LogP contribution is 2.35. The van der Waals surface area contributed by atoms with Crippen LogP contribution < -0.4 is 10.5 Å². The summed E-state index contributed by atoms with van der Waals surface area (Å²) in [6.07, 6.45) is -4.40. The minimum atomic E-state index is -4.40. The van der Waals surface area contributed by atoms with Crippen molar-refractivity contribution >= 4 is 18.0 Å². The van der Waals surface area contributed by atoms with E-state index in [1.165, 1.54) is 19.1 Å². The van der Waals surface area contributed by atoms with Crippen molar-refractivity contribution in [1.29, 1.82) is 0 Å². The van der Waals surface area contributed by atoms with Crippen LogP contribution in [0.5, 0.6) is 0 Å². The summed E-state index contributed by atoms with van der Waals surface area (Å²) >= 11 is 0.761. The van der Waals surface area contributed by atoms with Crippen molar-refractivity contribution in [3.05, 3.63) is 29.3 Å². The lowest BCUT2D eigenvalue weighted by Crippen LogP contribution is -2.23. The number of urea groups is 1. The van der Waals surface area contributed by atoms with E-state index in [1.807, 2.05) is 0 Å². The topological polar surface area (TPSA) is 55.1 Å². The van der Waals surface area contributed by atoms with Gasteiger partial charge in [0.25, 0.3) is 0 Å². The zero-order valence-electron chi connectivity index (χ0n) is 8.26. The average molecular weight is 250 g/mol. The number of carbonyl (C=O) groups excluding carboxylic acids is 1. The van der Waals surface area contributed by atoms with Gasteiger partial charge in [0.15, 0.2) is 0 Å². The van der Waals surface area contributed by atoms with Gasteiger partial charge in [0, 0.05) is 4.90 Å². The van der Waals surface area contributed by atoms with E-state index < -0.39 is 17.8 Å². The van der Waals surface area contributed by atoms with Crippen LogP contribution in [0, 0.1) is 6.92 Å². The summed E-state index contributed by atoms with van der Waals surface area (Å²) in [4.78, 5) is 10.7. The summed E-state index contributed by atoms with van der Waals surface area (Å²) in [6.45, 7) is 1.34. The van der Waals surface area contributed by atoms with Crippen molar-refractivity contribution in [1.82, 2.24) is 4.72 Å². The lowest BCUT2D eigenvalue weighted by atomic mass is 10.1. The van der Waals surface area contributed by atoms with Crippen LogP contribution >= 0.6 is 11.9 Å². The van der Waals surface area contributed by atoms with Crippen molar-refractivity contribution < 1.29 is 18.0 Å². The molecule has 7 heteroatoms. The molecule has 0 aliphatic carbocycles. The van der Waals surface area contributed by atoms with Crippen molar-refractivity contribution in [2.45, 2.75) is 18.0 Å². The monoisotopic (exact) mass is 250 g/mol. The van der Waals surface area contributed by atoms with E-state index in [4.69, 9.17) is 5.73 Å². The number of halogens is 3. The number of nitrogens with two attached hydrogens (primary N) is 1. The molecule has 0 radical (unpaired) electrons. The molecule has 16 heavy (non-hydrogen) atoms. The molecule has 0 bridgehead atoms. The second-order valence-electron chi connectivity index (χ2n) is 2.99. The Morgan fingerprint density at radius 3 is 2.56 bits per heavy atom. The Kier molecular flexibility index (Phi) is 3.69. The van der Waals surface area contributed by atoms with Crippen LogP contribution in [0.4, 0.5) is 18.0 Å². The maximum Gasteiger partial charge on any atom is 0.416 e. The van der Waals surface area contributed by atoms with Gasteiger partial charge in [-0.15, -0.1) is 0 Å². The van der Waals surface area contributed by atoms with Crippen LogP contribution in [0.1, 0.15) is 11.1 Å². The van der Waals surface area contributed by atoms with Gasteiger partial charge >= 0.3 is 12.2 Å². The largest absolute Gasteiger partial charge is 0.416 e. The lowest BCUT2D eigenvalue weighted by Gasteiger charge is -2.13. The van der Waals surface area contributed by atoms with Gasteiger partial charge in [0.05, 0.1) is 5.56 Å². The van der Waals surface area contributed by atoms with E-state index in [0.29, 0.717) is 4.90 Å². The number of benzene rings is 1. The van der Waals surface area contributed by atoms with Gasteiger partial charge in [-0.2, -0.15) is 13.2 Å². The molecule has 0 aromatic heterocycles. The van der Waals surface area contributed by atoms with Crippen molar-refractivity contribution in [3.63, 3.8) is 0 Å². The van der Waals surface area contributed by atoms with Gasteiger partial charge in [-0.05, 0) is 36.6 Å². The van der Waals surface area contributed by atoms with Crippen LogP contribution in [-0.4, -0.2) is 6.03 Å². The number of carbonyl (C=O) groups is 1. The normalized spacial score (nSPS) is 11.2.